The first-order valence-electron chi connectivity index (χ1n) is 4.96. The Bertz CT molecular complexity index is 134. The van der Waals surface area contributed by atoms with Gasteiger partial charge in [0.2, 0.25) is 0 Å². The third-order valence-corrected chi connectivity index (χ3v) is 2.69. The van der Waals surface area contributed by atoms with Gasteiger partial charge in [0.1, 0.15) is 0 Å². The molecule has 0 radical (unpaired) electrons. The van der Waals surface area contributed by atoms with Crippen LogP contribution in [0.2, 0.25) is 0 Å². The molecule has 1 atom stereocenters. The lowest BCUT2D eigenvalue weighted by Crippen LogP contribution is -2.85. The van der Waals surface area contributed by atoms with E-state index in [9.17, 15) is 0 Å². The van der Waals surface area contributed by atoms with Gasteiger partial charge in [-0.15, -0.1) is 11.6 Å². The number of quaternary nitrogens is 1. The van der Waals surface area contributed by atoms with Crippen molar-refractivity contribution in [3.05, 3.63) is 12.2 Å². The Kier molecular flexibility index (Phi) is 5.46. The first-order chi connectivity index (χ1) is 5.93. The molecule has 0 amide bonds. The summed E-state index contributed by atoms with van der Waals surface area (Å²) in [4.78, 5) is 0. The van der Waals surface area contributed by atoms with Crippen molar-refractivity contribution in [1.29, 1.82) is 0 Å². The van der Waals surface area contributed by atoms with Crippen LogP contribution in [0.1, 0.15) is 25.7 Å². The molecule has 2 heteroatoms. The molecule has 1 aliphatic rings. The molecule has 0 bridgehead atoms. The van der Waals surface area contributed by atoms with Crippen LogP contribution in [0.15, 0.2) is 12.2 Å². The van der Waals surface area contributed by atoms with Gasteiger partial charge in [0.15, 0.2) is 0 Å². The smallest absolute Gasteiger partial charge is 0.0787 e. The van der Waals surface area contributed by atoms with Gasteiger partial charge in [0, 0.05) is 18.2 Å². The second-order valence-corrected chi connectivity index (χ2v) is 3.88. The fourth-order valence-corrected chi connectivity index (χ4v) is 1.80. The number of nitrogens with two attached hydrogens (primary N) is 1. The number of hydrogen-bond acceptors (Lipinski definition) is 0. The minimum atomic E-state index is 0.807. The molecular formula is C10H19ClN+. The standard InChI is InChI=1S/C10H18ClN/c11-7-4-8-12-9-10-5-2-1-3-6-10/h1-2,10,12H,3-9H2/p+1/t10-/m1/s1. The highest BCUT2D eigenvalue weighted by Crippen LogP contribution is 2.15. The monoisotopic (exact) mass is 188 g/mol. The summed E-state index contributed by atoms with van der Waals surface area (Å²) in [5, 5.41) is 2.41. The molecule has 0 spiro atoms. The van der Waals surface area contributed by atoms with Crippen LogP contribution in [-0.4, -0.2) is 19.0 Å². The molecule has 0 unspecified atom stereocenters. The molecule has 0 heterocycles. The molecule has 0 aromatic carbocycles. The molecule has 1 nitrogen and oxygen atoms in total. The van der Waals surface area contributed by atoms with Crippen molar-refractivity contribution in [1.82, 2.24) is 0 Å². The van der Waals surface area contributed by atoms with E-state index in [4.69, 9.17) is 11.6 Å². The summed E-state index contributed by atoms with van der Waals surface area (Å²) in [6, 6.07) is 0. The van der Waals surface area contributed by atoms with Crippen molar-refractivity contribution in [2.75, 3.05) is 19.0 Å². The molecule has 0 saturated carbocycles. The zero-order chi connectivity index (χ0) is 8.65. The van der Waals surface area contributed by atoms with E-state index in [0.29, 0.717) is 0 Å². The lowest BCUT2D eigenvalue weighted by atomic mass is 9.94. The van der Waals surface area contributed by atoms with Crippen LogP contribution in [-0.2, 0) is 0 Å². The Balaban J connectivity index is 1.95. The number of halogens is 1. The minimum Gasteiger partial charge on any atom is -0.346 e. The van der Waals surface area contributed by atoms with E-state index in [1.165, 1.54) is 32.4 Å². The lowest BCUT2D eigenvalue weighted by Gasteiger charge is -2.15. The molecular weight excluding hydrogens is 170 g/mol. The number of allylic oxidation sites excluding steroid dienone is 2. The van der Waals surface area contributed by atoms with Gasteiger partial charge in [-0.1, -0.05) is 12.2 Å². The highest BCUT2D eigenvalue weighted by Gasteiger charge is 2.10. The van der Waals surface area contributed by atoms with E-state index in [1.54, 1.807) is 0 Å². The maximum atomic E-state index is 5.59. The van der Waals surface area contributed by atoms with E-state index < -0.39 is 0 Å². The maximum Gasteiger partial charge on any atom is 0.0787 e. The Labute approximate surface area is 80.2 Å². The van der Waals surface area contributed by atoms with Gasteiger partial charge in [-0.3, -0.25) is 0 Å². The fourth-order valence-electron chi connectivity index (χ4n) is 1.65. The zero-order valence-electron chi connectivity index (χ0n) is 7.64. The molecule has 1 rings (SSSR count). The van der Waals surface area contributed by atoms with Gasteiger partial charge in [0.05, 0.1) is 13.1 Å². The minimum absolute atomic E-state index is 0.807. The van der Waals surface area contributed by atoms with Gasteiger partial charge < -0.3 is 5.32 Å². The first-order valence-corrected chi connectivity index (χ1v) is 5.49. The fraction of sp³-hybridized carbons (Fsp3) is 0.800. The van der Waals surface area contributed by atoms with Crippen LogP contribution in [0.5, 0.6) is 0 Å². The van der Waals surface area contributed by atoms with Crippen LogP contribution in [0.4, 0.5) is 0 Å². The van der Waals surface area contributed by atoms with Crippen molar-refractivity contribution in [2.45, 2.75) is 25.7 Å². The molecule has 0 fully saturated rings. The summed E-state index contributed by atoms with van der Waals surface area (Å²) >= 11 is 5.59. The molecule has 1 aliphatic carbocycles. The van der Waals surface area contributed by atoms with Crippen molar-refractivity contribution in [3.8, 4) is 0 Å². The van der Waals surface area contributed by atoms with E-state index in [1.807, 2.05) is 0 Å². The highest BCUT2D eigenvalue weighted by molar-refractivity contribution is 6.17. The van der Waals surface area contributed by atoms with E-state index in [0.717, 1.165) is 18.2 Å². The molecule has 0 aromatic heterocycles. The highest BCUT2D eigenvalue weighted by atomic mass is 35.5. The van der Waals surface area contributed by atoms with E-state index in [2.05, 4.69) is 17.5 Å². The topological polar surface area (TPSA) is 16.6 Å². The summed E-state index contributed by atoms with van der Waals surface area (Å²) in [7, 11) is 0. The van der Waals surface area contributed by atoms with Crippen LogP contribution in [0.3, 0.4) is 0 Å². The lowest BCUT2D eigenvalue weighted by molar-refractivity contribution is -0.660. The SMILES string of the molecule is ClCCC[NH2+]C[C@@H]1CC=CCC1. The largest absolute Gasteiger partial charge is 0.346 e. The average Bonchev–Trinajstić information content (AvgIpc) is 2.14. The van der Waals surface area contributed by atoms with Crippen LogP contribution in [0, 0.1) is 5.92 Å². The molecule has 0 saturated heterocycles. The Morgan fingerprint density at radius 3 is 3.00 bits per heavy atom. The van der Waals surface area contributed by atoms with Gasteiger partial charge in [0.25, 0.3) is 0 Å². The molecule has 12 heavy (non-hydrogen) atoms. The maximum absolute atomic E-state index is 5.59. The predicted molar refractivity (Wildman–Crippen MR) is 53.5 cm³/mol. The summed E-state index contributed by atoms with van der Waals surface area (Å²) in [5.41, 5.74) is 0. The second kappa shape index (κ2) is 6.50. The summed E-state index contributed by atoms with van der Waals surface area (Å²) < 4.78 is 0. The van der Waals surface area contributed by atoms with Crippen LogP contribution in [0.25, 0.3) is 0 Å². The summed E-state index contributed by atoms with van der Waals surface area (Å²) in [6.45, 7) is 2.49. The van der Waals surface area contributed by atoms with Crippen molar-refractivity contribution >= 4 is 11.6 Å². The molecule has 0 aromatic rings. The second-order valence-electron chi connectivity index (χ2n) is 3.51. The number of alkyl halides is 1. The normalized spacial score (nSPS) is 22.9. The van der Waals surface area contributed by atoms with Gasteiger partial charge in [-0.05, 0) is 19.3 Å². The quantitative estimate of drug-likeness (QED) is 0.383. The van der Waals surface area contributed by atoms with Crippen molar-refractivity contribution in [2.24, 2.45) is 5.92 Å². The summed E-state index contributed by atoms with van der Waals surface area (Å²) in [6.07, 6.45) is 9.72. The Morgan fingerprint density at radius 2 is 2.33 bits per heavy atom. The third kappa shape index (κ3) is 4.13. The zero-order valence-corrected chi connectivity index (χ0v) is 8.39. The van der Waals surface area contributed by atoms with Gasteiger partial charge in [-0.25, -0.2) is 0 Å². The molecule has 0 aliphatic heterocycles. The van der Waals surface area contributed by atoms with E-state index >= 15 is 0 Å². The first kappa shape index (κ1) is 10.1. The van der Waals surface area contributed by atoms with Crippen LogP contribution < -0.4 is 5.32 Å². The average molecular weight is 189 g/mol. The third-order valence-electron chi connectivity index (χ3n) is 2.42. The Hall–Kier alpha value is -0.0100. The van der Waals surface area contributed by atoms with Crippen molar-refractivity contribution in [3.63, 3.8) is 0 Å². The molecule has 70 valence electrons. The number of hydrogen-bond donors (Lipinski definition) is 1. The van der Waals surface area contributed by atoms with Gasteiger partial charge >= 0.3 is 0 Å². The van der Waals surface area contributed by atoms with Crippen LogP contribution >= 0.6 is 11.6 Å². The van der Waals surface area contributed by atoms with Gasteiger partial charge in [-0.2, -0.15) is 0 Å². The molecule has 2 N–H and O–H groups in total. The Morgan fingerprint density at radius 1 is 1.42 bits per heavy atom. The van der Waals surface area contributed by atoms with E-state index in [-0.39, 0.29) is 0 Å². The predicted octanol–water partition coefficient (Wildman–Crippen LogP) is 1.53. The van der Waals surface area contributed by atoms with Crippen molar-refractivity contribution < 1.29 is 5.32 Å². The summed E-state index contributed by atoms with van der Waals surface area (Å²) in [5.74, 6) is 1.73. The number of rotatable bonds is 5.